The Morgan fingerprint density at radius 1 is 1.35 bits per heavy atom. The van der Waals surface area contributed by atoms with E-state index in [1.54, 1.807) is 10.9 Å². The fraction of sp³-hybridized carbons (Fsp3) is 0.357. The summed E-state index contributed by atoms with van der Waals surface area (Å²) in [5.74, 6) is -0.0545. The van der Waals surface area contributed by atoms with Crippen molar-refractivity contribution in [2.45, 2.75) is 13.0 Å². The summed E-state index contributed by atoms with van der Waals surface area (Å²) in [4.78, 5) is 14.3. The van der Waals surface area contributed by atoms with Gasteiger partial charge in [0.2, 0.25) is 0 Å². The number of aromatic nitrogens is 3. The highest BCUT2D eigenvalue weighted by atomic mass is 16.2. The molecule has 0 spiro atoms. The first-order valence-corrected chi connectivity index (χ1v) is 6.75. The molecule has 6 nitrogen and oxygen atoms in total. The van der Waals surface area contributed by atoms with Crippen molar-refractivity contribution in [2.24, 2.45) is 0 Å². The summed E-state index contributed by atoms with van der Waals surface area (Å²) < 4.78 is 1.63. The van der Waals surface area contributed by atoms with Crippen LogP contribution in [0.1, 0.15) is 17.4 Å². The van der Waals surface area contributed by atoms with Crippen LogP contribution in [0.2, 0.25) is 0 Å². The van der Waals surface area contributed by atoms with Gasteiger partial charge >= 0.3 is 0 Å². The zero-order valence-electron chi connectivity index (χ0n) is 11.4. The molecule has 20 heavy (non-hydrogen) atoms. The van der Waals surface area contributed by atoms with Gasteiger partial charge in [-0.25, -0.2) is 4.68 Å². The second kappa shape index (κ2) is 5.42. The van der Waals surface area contributed by atoms with Gasteiger partial charge < -0.3 is 10.2 Å². The SMILES string of the molecule is C[C@@H]1CNCCN1C(=O)c1cn(-c2ccccc2)nn1. The molecule has 3 rings (SSSR count). The monoisotopic (exact) mass is 271 g/mol. The molecule has 2 heterocycles. The minimum atomic E-state index is -0.0545. The zero-order valence-corrected chi connectivity index (χ0v) is 11.4. The van der Waals surface area contributed by atoms with Crippen molar-refractivity contribution >= 4 is 5.91 Å². The quantitative estimate of drug-likeness (QED) is 0.873. The third-order valence-corrected chi connectivity index (χ3v) is 3.50. The third kappa shape index (κ3) is 2.42. The van der Waals surface area contributed by atoms with Gasteiger partial charge in [-0.1, -0.05) is 23.4 Å². The molecule has 1 aromatic heterocycles. The first-order chi connectivity index (χ1) is 9.75. The van der Waals surface area contributed by atoms with Gasteiger partial charge in [-0.3, -0.25) is 4.79 Å². The summed E-state index contributed by atoms with van der Waals surface area (Å²) >= 11 is 0. The van der Waals surface area contributed by atoms with E-state index in [0.29, 0.717) is 12.2 Å². The Morgan fingerprint density at radius 2 is 2.15 bits per heavy atom. The molecule has 1 fully saturated rings. The Hall–Kier alpha value is -2.21. The average molecular weight is 271 g/mol. The van der Waals surface area contributed by atoms with Crippen molar-refractivity contribution < 1.29 is 4.79 Å². The van der Waals surface area contributed by atoms with E-state index in [-0.39, 0.29) is 11.9 Å². The average Bonchev–Trinajstić information content (AvgIpc) is 2.98. The Labute approximate surface area is 117 Å². The molecular weight excluding hydrogens is 254 g/mol. The predicted octanol–water partition coefficient (Wildman–Crippen LogP) is 0.701. The van der Waals surface area contributed by atoms with Gasteiger partial charge in [0.25, 0.3) is 5.91 Å². The maximum Gasteiger partial charge on any atom is 0.276 e. The van der Waals surface area contributed by atoms with Crippen LogP contribution in [0.4, 0.5) is 0 Å². The molecular formula is C14H17N5O. The summed E-state index contributed by atoms with van der Waals surface area (Å²) in [5, 5.41) is 11.3. The number of hydrogen-bond acceptors (Lipinski definition) is 4. The molecule has 0 bridgehead atoms. The van der Waals surface area contributed by atoms with Crippen molar-refractivity contribution in [1.82, 2.24) is 25.2 Å². The molecule has 1 aliphatic rings. The molecule has 0 unspecified atom stereocenters. The minimum absolute atomic E-state index is 0.0545. The van der Waals surface area contributed by atoms with E-state index < -0.39 is 0 Å². The lowest BCUT2D eigenvalue weighted by atomic mass is 10.2. The van der Waals surface area contributed by atoms with E-state index in [1.165, 1.54) is 0 Å². The molecule has 1 N–H and O–H groups in total. The maximum absolute atomic E-state index is 12.4. The minimum Gasteiger partial charge on any atom is -0.332 e. The van der Waals surface area contributed by atoms with Crippen LogP contribution in [0.25, 0.3) is 5.69 Å². The number of hydrogen-bond donors (Lipinski definition) is 1. The Bertz CT molecular complexity index is 595. The third-order valence-electron chi connectivity index (χ3n) is 3.50. The van der Waals surface area contributed by atoms with Gasteiger partial charge in [-0.05, 0) is 19.1 Å². The molecule has 2 aromatic rings. The summed E-state index contributed by atoms with van der Waals surface area (Å²) in [6.07, 6.45) is 1.69. The largest absolute Gasteiger partial charge is 0.332 e. The van der Waals surface area contributed by atoms with Gasteiger partial charge in [-0.2, -0.15) is 0 Å². The fourth-order valence-corrected chi connectivity index (χ4v) is 2.36. The van der Waals surface area contributed by atoms with Gasteiger partial charge in [0.1, 0.15) is 0 Å². The molecule has 6 heteroatoms. The topological polar surface area (TPSA) is 63.1 Å². The smallest absolute Gasteiger partial charge is 0.276 e. The number of carbonyl (C=O) groups excluding carboxylic acids is 1. The number of para-hydroxylation sites is 1. The van der Waals surface area contributed by atoms with Crippen molar-refractivity contribution in [3.05, 3.63) is 42.2 Å². The second-order valence-electron chi connectivity index (χ2n) is 4.94. The molecule has 0 saturated carbocycles. The number of piperazine rings is 1. The first-order valence-electron chi connectivity index (χ1n) is 6.75. The summed E-state index contributed by atoms with van der Waals surface area (Å²) in [6, 6.07) is 9.83. The highest BCUT2D eigenvalue weighted by molar-refractivity contribution is 5.92. The fourth-order valence-electron chi connectivity index (χ4n) is 2.36. The van der Waals surface area contributed by atoms with E-state index in [2.05, 4.69) is 15.6 Å². The Balaban J connectivity index is 1.81. The normalized spacial score (nSPS) is 19.1. The molecule has 1 atom stereocenters. The van der Waals surface area contributed by atoms with Crippen LogP contribution in [-0.2, 0) is 0 Å². The highest BCUT2D eigenvalue weighted by Gasteiger charge is 2.26. The van der Waals surface area contributed by atoms with E-state index in [4.69, 9.17) is 0 Å². The molecule has 1 aromatic carbocycles. The second-order valence-corrected chi connectivity index (χ2v) is 4.94. The number of carbonyl (C=O) groups is 1. The first kappa shape index (κ1) is 12.8. The number of rotatable bonds is 2. The van der Waals surface area contributed by atoms with E-state index in [1.807, 2.05) is 42.2 Å². The molecule has 1 amide bonds. The van der Waals surface area contributed by atoms with Gasteiger partial charge in [0.05, 0.1) is 11.9 Å². The molecule has 0 radical (unpaired) electrons. The van der Waals surface area contributed by atoms with Crippen LogP contribution in [-0.4, -0.2) is 51.5 Å². The molecule has 1 saturated heterocycles. The summed E-state index contributed by atoms with van der Waals surface area (Å²) in [6.45, 7) is 4.38. The van der Waals surface area contributed by atoms with Crippen molar-refractivity contribution in [1.29, 1.82) is 0 Å². The van der Waals surface area contributed by atoms with E-state index in [9.17, 15) is 4.79 Å². The van der Waals surface area contributed by atoms with Crippen LogP contribution < -0.4 is 5.32 Å². The lowest BCUT2D eigenvalue weighted by Crippen LogP contribution is -2.52. The zero-order chi connectivity index (χ0) is 13.9. The summed E-state index contributed by atoms with van der Waals surface area (Å²) in [7, 11) is 0. The number of amides is 1. The lowest BCUT2D eigenvalue weighted by Gasteiger charge is -2.33. The van der Waals surface area contributed by atoms with E-state index in [0.717, 1.165) is 18.8 Å². The molecule has 1 aliphatic heterocycles. The van der Waals surface area contributed by atoms with Crippen molar-refractivity contribution in [3.8, 4) is 5.69 Å². The van der Waals surface area contributed by atoms with E-state index >= 15 is 0 Å². The number of benzene rings is 1. The highest BCUT2D eigenvalue weighted by Crippen LogP contribution is 2.10. The standard InChI is InChI=1S/C14H17N5O/c1-11-9-15-7-8-18(11)14(20)13-10-19(17-16-13)12-5-3-2-4-6-12/h2-6,10-11,15H,7-9H2,1H3/t11-/m1/s1. The number of nitrogens with one attached hydrogen (secondary N) is 1. The van der Waals surface area contributed by atoms with Gasteiger partial charge in [0.15, 0.2) is 5.69 Å². The Morgan fingerprint density at radius 3 is 2.90 bits per heavy atom. The van der Waals surface area contributed by atoms with Gasteiger partial charge in [-0.15, -0.1) is 5.10 Å². The molecule has 0 aliphatic carbocycles. The maximum atomic E-state index is 12.4. The van der Waals surface area contributed by atoms with Crippen LogP contribution in [0.3, 0.4) is 0 Å². The van der Waals surface area contributed by atoms with Crippen LogP contribution >= 0.6 is 0 Å². The van der Waals surface area contributed by atoms with Crippen LogP contribution in [0.15, 0.2) is 36.5 Å². The Kier molecular flexibility index (Phi) is 3.47. The summed E-state index contributed by atoms with van der Waals surface area (Å²) in [5.41, 5.74) is 1.29. The van der Waals surface area contributed by atoms with Crippen LogP contribution in [0, 0.1) is 0 Å². The molecule has 104 valence electrons. The van der Waals surface area contributed by atoms with Crippen molar-refractivity contribution in [2.75, 3.05) is 19.6 Å². The lowest BCUT2D eigenvalue weighted by molar-refractivity contribution is 0.0649. The van der Waals surface area contributed by atoms with Crippen molar-refractivity contribution in [3.63, 3.8) is 0 Å². The van der Waals surface area contributed by atoms with Gasteiger partial charge in [0, 0.05) is 25.7 Å². The number of nitrogens with zero attached hydrogens (tertiary/aromatic N) is 4. The van der Waals surface area contributed by atoms with Crippen LogP contribution in [0.5, 0.6) is 0 Å². The predicted molar refractivity (Wildman–Crippen MR) is 74.7 cm³/mol.